The molecule has 0 saturated heterocycles. The lowest BCUT2D eigenvalue weighted by Gasteiger charge is -2.16. The van der Waals surface area contributed by atoms with E-state index in [1.54, 1.807) is 0 Å². The molecule has 20 heavy (non-hydrogen) atoms. The minimum atomic E-state index is 0.0785. The fourth-order valence-corrected chi connectivity index (χ4v) is 2.53. The highest BCUT2D eigenvalue weighted by molar-refractivity contribution is 9.10. The molecular weight excluding hydrogens is 340 g/mol. The zero-order chi connectivity index (χ0) is 14.7. The lowest BCUT2D eigenvalue weighted by molar-refractivity contribution is 0.244. The first-order chi connectivity index (χ1) is 9.47. The molecule has 5 heteroatoms. The molecule has 106 valence electrons. The molecule has 0 saturated carbocycles. The highest BCUT2D eigenvalue weighted by Crippen LogP contribution is 2.35. The largest absolute Gasteiger partial charge is 0.489 e. The van der Waals surface area contributed by atoms with E-state index in [0.717, 1.165) is 15.8 Å². The lowest BCUT2D eigenvalue weighted by Crippen LogP contribution is -2.08. The maximum absolute atomic E-state index is 6.13. The summed E-state index contributed by atoms with van der Waals surface area (Å²) >= 11 is 9.40. The van der Waals surface area contributed by atoms with E-state index in [0.29, 0.717) is 16.5 Å². The average Bonchev–Trinajstić information content (AvgIpc) is 2.36. The van der Waals surface area contributed by atoms with Crippen molar-refractivity contribution in [3.63, 3.8) is 0 Å². The molecule has 2 aromatic rings. The molecule has 0 aliphatic rings. The first-order valence-corrected chi connectivity index (χ1v) is 7.41. The fraction of sp³-hybridized carbons (Fsp3) is 0.200. The van der Waals surface area contributed by atoms with Crippen molar-refractivity contribution in [3.05, 3.63) is 45.9 Å². The van der Waals surface area contributed by atoms with Crippen LogP contribution in [0.4, 0.5) is 17.1 Å². The lowest BCUT2D eigenvalue weighted by atomic mass is 10.2. The summed E-state index contributed by atoms with van der Waals surface area (Å²) in [5, 5.41) is 3.94. The highest BCUT2D eigenvalue weighted by Gasteiger charge is 2.09. The molecule has 0 aliphatic heterocycles. The first kappa shape index (κ1) is 15.0. The fourth-order valence-electron chi connectivity index (χ4n) is 1.75. The van der Waals surface area contributed by atoms with E-state index in [1.165, 1.54) is 0 Å². The van der Waals surface area contributed by atoms with E-state index < -0.39 is 0 Å². The summed E-state index contributed by atoms with van der Waals surface area (Å²) in [6.45, 7) is 3.94. The van der Waals surface area contributed by atoms with Crippen molar-refractivity contribution in [2.45, 2.75) is 20.0 Å². The van der Waals surface area contributed by atoms with Crippen molar-refractivity contribution in [2.24, 2.45) is 0 Å². The van der Waals surface area contributed by atoms with Gasteiger partial charge in [0.15, 0.2) is 0 Å². The number of rotatable bonds is 4. The molecule has 3 N–H and O–H groups in total. The highest BCUT2D eigenvalue weighted by atomic mass is 79.9. The number of hydrogen-bond acceptors (Lipinski definition) is 3. The van der Waals surface area contributed by atoms with E-state index in [4.69, 9.17) is 22.1 Å². The molecule has 0 heterocycles. The molecule has 0 atom stereocenters. The summed E-state index contributed by atoms with van der Waals surface area (Å²) < 4.78 is 6.55. The monoisotopic (exact) mass is 354 g/mol. The van der Waals surface area contributed by atoms with Crippen LogP contribution < -0.4 is 15.8 Å². The molecule has 0 bridgehead atoms. The maximum atomic E-state index is 6.13. The third-order valence-corrected chi connectivity index (χ3v) is 3.52. The van der Waals surface area contributed by atoms with E-state index in [1.807, 2.05) is 50.2 Å². The summed E-state index contributed by atoms with van der Waals surface area (Å²) in [6.07, 6.45) is 0.0785. The van der Waals surface area contributed by atoms with Crippen LogP contribution in [0.1, 0.15) is 13.8 Å². The molecule has 0 fully saturated rings. The molecule has 0 aromatic heterocycles. The molecule has 2 aromatic carbocycles. The molecule has 0 radical (unpaired) electrons. The molecular formula is C15H16BrClN2O. The van der Waals surface area contributed by atoms with E-state index in [-0.39, 0.29) is 6.10 Å². The van der Waals surface area contributed by atoms with Gasteiger partial charge in [-0.25, -0.2) is 0 Å². The predicted molar refractivity (Wildman–Crippen MR) is 89.1 cm³/mol. The maximum Gasteiger partial charge on any atom is 0.144 e. The Morgan fingerprint density at radius 1 is 1.20 bits per heavy atom. The van der Waals surface area contributed by atoms with Crippen LogP contribution >= 0.6 is 27.5 Å². The van der Waals surface area contributed by atoms with Crippen molar-refractivity contribution in [3.8, 4) is 5.75 Å². The van der Waals surface area contributed by atoms with E-state index in [2.05, 4.69) is 21.2 Å². The van der Waals surface area contributed by atoms with Crippen LogP contribution in [0.15, 0.2) is 40.9 Å². The van der Waals surface area contributed by atoms with Gasteiger partial charge in [0.1, 0.15) is 5.75 Å². The molecule has 0 amide bonds. The quantitative estimate of drug-likeness (QED) is 0.740. The Bertz CT molecular complexity index is 617. The van der Waals surface area contributed by atoms with Crippen molar-refractivity contribution < 1.29 is 4.74 Å². The number of para-hydroxylation sites is 1. The molecule has 0 unspecified atom stereocenters. The number of nitrogens with one attached hydrogen (secondary N) is 1. The topological polar surface area (TPSA) is 47.3 Å². The number of benzene rings is 2. The second-order valence-electron chi connectivity index (χ2n) is 4.63. The Morgan fingerprint density at radius 2 is 1.95 bits per heavy atom. The standard InChI is InChI=1S/C15H16BrClN2O/c1-9(2)20-14-5-3-4-13(15(14)18)19-12-7-6-10(17)8-11(12)16/h3-9,19H,18H2,1-2H3. The zero-order valence-electron chi connectivity index (χ0n) is 11.3. The summed E-state index contributed by atoms with van der Waals surface area (Å²) in [7, 11) is 0. The van der Waals surface area contributed by atoms with Crippen molar-refractivity contribution in [1.82, 2.24) is 0 Å². The van der Waals surface area contributed by atoms with Gasteiger partial charge in [-0.2, -0.15) is 0 Å². The number of nitrogen functional groups attached to an aromatic ring is 1. The van der Waals surface area contributed by atoms with Gasteiger partial charge in [0, 0.05) is 9.50 Å². The van der Waals surface area contributed by atoms with Crippen molar-refractivity contribution in [1.29, 1.82) is 0 Å². The van der Waals surface area contributed by atoms with E-state index in [9.17, 15) is 0 Å². The minimum absolute atomic E-state index is 0.0785. The Kier molecular flexibility index (Phi) is 4.78. The number of hydrogen-bond donors (Lipinski definition) is 2. The van der Waals surface area contributed by atoms with Gasteiger partial charge >= 0.3 is 0 Å². The van der Waals surface area contributed by atoms with Crippen LogP contribution in [0.3, 0.4) is 0 Å². The SMILES string of the molecule is CC(C)Oc1cccc(Nc2ccc(Cl)cc2Br)c1N. The minimum Gasteiger partial charge on any atom is -0.489 e. The zero-order valence-corrected chi connectivity index (χ0v) is 13.6. The van der Waals surface area contributed by atoms with Crippen LogP contribution in [0, 0.1) is 0 Å². The molecule has 0 spiro atoms. The van der Waals surface area contributed by atoms with Gasteiger partial charge in [-0.05, 0) is 60.1 Å². The predicted octanol–water partition coefficient (Wildman–Crippen LogP) is 5.22. The Morgan fingerprint density at radius 3 is 2.60 bits per heavy atom. The first-order valence-electron chi connectivity index (χ1n) is 6.24. The van der Waals surface area contributed by atoms with Crippen LogP contribution in [0.5, 0.6) is 5.75 Å². The van der Waals surface area contributed by atoms with Crippen LogP contribution in [0.25, 0.3) is 0 Å². The summed E-state index contributed by atoms with van der Waals surface area (Å²) in [4.78, 5) is 0. The number of nitrogens with two attached hydrogens (primary N) is 1. The summed E-state index contributed by atoms with van der Waals surface area (Å²) in [5.41, 5.74) is 8.41. The summed E-state index contributed by atoms with van der Waals surface area (Å²) in [5.74, 6) is 0.676. The summed E-state index contributed by atoms with van der Waals surface area (Å²) in [6, 6.07) is 11.2. The van der Waals surface area contributed by atoms with E-state index >= 15 is 0 Å². The van der Waals surface area contributed by atoms with Gasteiger partial charge < -0.3 is 15.8 Å². The van der Waals surface area contributed by atoms with Crippen LogP contribution in [-0.4, -0.2) is 6.10 Å². The Balaban J connectivity index is 2.29. The normalized spacial score (nSPS) is 10.7. The van der Waals surface area contributed by atoms with Crippen molar-refractivity contribution in [2.75, 3.05) is 11.1 Å². The van der Waals surface area contributed by atoms with Gasteiger partial charge in [0.05, 0.1) is 23.2 Å². The van der Waals surface area contributed by atoms with Crippen LogP contribution in [0.2, 0.25) is 5.02 Å². The number of halogens is 2. The molecule has 3 nitrogen and oxygen atoms in total. The third-order valence-electron chi connectivity index (χ3n) is 2.63. The Labute approximate surface area is 132 Å². The smallest absolute Gasteiger partial charge is 0.144 e. The molecule has 2 rings (SSSR count). The second-order valence-corrected chi connectivity index (χ2v) is 5.92. The molecule has 0 aliphatic carbocycles. The van der Waals surface area contributed by atoms with Crippen molar-refractivity contribution >= 4 is 44.6 Å². The average molecular weight is 356 g/mol. The van der Waals surface area contributed by atoms with Gasteiger partial charge in [0.25, 0.3) is 0 Å². The number of anilines is 3. The third kappa shape index (κ3) is 3.58. The van der Waals surface area contributed by atoms with Gasteiger partial charge in [-0.15, -0.1) is 0 Å². The van der Waals surface area contributed by atoms with Gasteiger partial charge in [0.2, 0.25) is 0 Å². The second kappa shape index (κ2) is 6.37. The number of ether oxygens (including phenoxy) is 1. The van der Waals surface area contributed by atoms with Gasteiger partial charge in [-0.3, -0.25) is 0 Å². The Hall–Kier alpha value is -1.39. The van der Waals surface area contributed by atoms with Gasteiger partial charge in [-0.1, -0.05) is 17.7 Å². The van der Waals surface area contributed by atoms with Crippen LogP contribution in [-0.2, 0) is 0 Å².